The zero-order valence-corrected chi connectivity index (χ0v) is 9.93. The van der Waals surface area contributed by atoms with E-state index in [1.807, 2.05) is 24.3 Å². The maximum Gasteiger partial charge on any atom is 0.225 e. The van der Waals surface area contributed by atoms with Crippen molar-refractivity contribution in [1.82, 2.24) is 4.90 Å². The Morgan fingerprint density at radius 3 is 3.00 bits per heavy atom. The third-order valence-electron chi connectivity index (χ3n) is 3.00. The average molecular weight is 235 g/mol. The molecule has 1 fully saturated rings. The molecule has 1 aromatic rings. The summed E-state index contributed by atoms with van der Waals surface area (Å²) >= 11 is 0. The van der Waals surface area contributed by atoms with Crippen LogP contribution in [0.2, 0.25) is 0 Å². The van der Waals surface area contributed by atoms with Crippen LogP contribution < -0.4 is 4.74 Å². The molecule has 1 amide bonds. The van der Waals surface area contributed by atoms with Crippen molar-refractivity contribution in [3.8, 4) is 5.75 Å². The van der Waals surface area contributed by atoms with E-state index in [0.717, 1.165) is 17.7 Å². The van der Waals surface area contributed by atoms with Gasteiger partial charge in [-0.15, -0.1) is 0 Å². The molecule has 1 heterocycles. The van der Waals surface area contributed by atoms with Gasteiger partial charge in [-0.25, -0.2) is 0 Å². The van der Waals surface area contributed by atoms with Crippen LogP contribution >= 0.6 is 0 Å². The number of hydrogen-bond donors (Lipinski definition) is 1. The van der Waals surface area contributed by atoms with Crippen molar-refractivity contribution in [2.75, 3.05) is 20.2 Å². The summed E-state index contributed by atoms with van der Waals surface area (Å²) in [6, 6.07) is 7.82. The van der Waals surface area contributed by atoms with E-state index in [9.17, 15) is 9.90 Å². The summed E-state index contributed by atoms with van der Waals surface area (Å²) in [4.78, 5) is 13.2. The van der Waals surface area contributed by atoms with Crippen LogP contribution in [0.4, 0.5) is 0 Å². The van der Waals surface area contributed by atoms with Crippen LogP contribution in [0.15, 0.2) is 24.3 Å². The summed E-state index contributed by atoms with van der Waals surface area (Å²) in [5.41, 5.74) is 1.14. The van der Waals surface area contributed by atoms with Gasteiger partial charge in [0.2, 0.25) is 5.91 Å². The summed E-state index contributed by atoms with van der Waals surface area (Å²) in [6.07, 6.45) is 0.557. The van der Waals surface area contributed by atoms with Gasteiger partial charge in [-0.1, -0.05) is 12.1 Å². The van der Waals surface area contributed by atoms with Gasteiger partial charge < -0.3 is 14.7 Å². The van der Waals surface area contributed by atoms with E-state index >= 15 is 0 Å². The molecule has 1 atom stereocenters. The van der Waals surface area contributed by atoms with E-state index in [4.69, 9.17) is 4.74 Å². The highest BCUT2D eigenvalue weighted by Crippen LogP contribution is 2.15. The zero-order chi connectivity index (χ0) is 12.3. The van der Waals surface area contributed by atoms with E-state index < -0.39 is 6.10 Å². The lowest BCUT2D eigenvalue weighted by Crippen LogP contribution is -2.28. The van der Waals surface area contributed by atoms with E-state index in [-0.39, 0.29) is 12.3 Å². The number of amides is 1. The highest BCUT2D eigenvalue weighted by Gasteiger charge is 2.27. The maximum absolute atomic E-state index is 11.5. The van der Waals surface area contributed by atoms with E-state index in [0.29, 0.717) is 13.1 Å². The molecular weight excluding hydrogens is 218 g/mol. The van der Waals surface area contributed by atoms with Crippen molar-refractivity contribution in [1.29, 1.82) is 0 Å². The molecule has 1 aliphatic rings. The number of carbonyl (C=O) groups is 1. The van der Waals surface area contributed by atoms with Gasteiger partial charge in [0.1, 0.15) is 5.75 Å². The lowest BCUT2D eigenvalue weighted by Gasteiger charge is -2.15. The van der Waals surface area contributed by atoms with Gasteiger partial charge in [0, 0.05) is 13.1 Å². The second-order valence-corrected chi connectivity index (χ2v) is 4.30. The third kappa shape index (κ3) is 2.97. The Bertz CT molecular complexity index is 405. The monoisotopic (exact) mass is 235 g/mol. The minimum Gasteiger partial charge on any atom is -0.497 e. The molecule has 1 saturated heterocycles. The first-order valence-electron chi connectivity index (χ1n) is 5.78. The smallest absolute Gasteiger partial charge is 0.225 e. The first kappa shape index (κ1) is 11.9. The molecule has 2 rings (SSSR count). The molecule has 1 N–H and O–H groups in total. The van der Waals surface area contributed by atoms with Crippen molar-refractivity contribution in [3.05, 3.63) is 29.8 Å². The largest absolute Gasteiger partial charge is 0.497 e. The molecule has 1 aromatic carbocycles. The number of ether oxygens (including phenoxy) is 1. The maximum atomic E-state index is 11.5. The van der Waals surface area contributed by atoms with Crippen LogP contribution in [0, 0.1) is 0 Å². The summed E-state index contributed by atoms with van der Waals surface area (Å²) in [6.45, 7) is 1.12. The van der Waals surface area contributed by atoms with Crippen LogP contribution in [0.3, 0.4) is 0 Å². The van der Waals surface area contributed by atoms with Crippen LogP contribution in [-0.4, -0.2) is 42.2 Å². The molecular formula is C13H17NO3. The summed E-state index contributed by atoms with van der Waals surface area (Å²) in [7, 11) is 1.64. The van der Waals surface area contributed by atoms with Crippen LogP contribution in [0.1, 0.15) is 12.0 Å². The number of hydrogen-bond acceptors (Lipinski definition) is 3. The normalized spacial score (nSPS) is 19.8. The molecule has 1 aliphatic heterocycles. The van der Waals surface area contributed by atoms with E-state index in [2.05, 4.69) is 0 Å². The predicted molar refractivity (Wildman–Crippen MR) is 63.9 cm³/mol. The molecule has 4 nitrogen and oxygen atoms in total. The van der Waals surface area contributed by atoms with Crippen molar-refractivity contribution in [2.45, 2.75) is 18.9 Å². The fraction of sp³-hybridized carbons (Fsp3) is 0.462. The van der Waals surface area contributed by atoms with Crippen molar-refractivity contribution in [3.63, 3.8) is 0 Å². The number of likely N-dealkylation sites (tertiary alicyclic amines) is 1. The Morgan fingerprint density at radius 2 is 2.35 bits per heavy atom. The molecule has 17 heavy (non-hydrogen) atoms. The summed E-state index contributed by atoms with van der Waals surface area (Å²) in [5.74, 6) is 0.871. The predicted octanol–water partition coefficient (Wildman–Crippen LogP) is 0.831. The van der Waals surface area contributed by atoms with Crippen LogP contribution in [0.5, 0.6) is 5.75 Å². The van der Waals surface area contributed by atoms with Gasteiger partial charge >= 0.3 is 0 Å². The lowest BCUT2D eigenvalue weighted by atomic mass is 10.1. The number of carbonyl (C=O) groups excluding carboxylic acids is 1. The van der Waals surface area contributed by atoms with Crippen molar-refractivity contribution >= 4 is 5.91 Å². The number of rotatable bonds is 4. The van der Waals surface area contributed by atoms with E-state index in [1.54, 1.807) is 12.0 Å². The minimum absolute atomic E-state index is 0.0420. The fourth-order valence-electron chi connectivity index (χ4n) is 2.06. The van der Waals surface area contributed by atoms with E-state index in [1.165, 1.54) is 0 Å². The Labute approximate surface area is 101 Å². The molecule has 0 bridgehead atoms. The van der Waals surface area contributed by atoms with Gasteiger partial charge in [0.05, 0.1) is 19.6 Å². The Hall–Kier alpha value is -1.55. The zero-order valence-electron chi connectivity index (χ0n) is 9.93. The first-order chi connectivity index (χ1) is 8.19. The fourth-order valence-corrected chi connectivity index (χ4v) is 2.06. The van der Waals surface area contributed by atoms with Gasteiger partial charge in [-0.2, -0.15) is 0 Å². The van der Waals surface area contributed by atoms with Gasteiger partial charge in [0.25, 0.3) is 0 Å². The standard InChI is InChI=1S/C13H17NO3/c1-17-12-4-2-3-10(7-12)5-6-14-9-11(15)8-13(14)16/h2-4,7,11,15H,5-6,8-9H2,1H3. The molecule has 0 saturated carbocycles. The SMILES string of the molecule is COc1cccc(CCN2CC(O)CC2=O)c1. The Balaban J connectivity index is 1.91. The highest BCUT2D eigenvalue weighted by molar-refractivity contribution is 5.79. The lowest BCUT2D eigenvalue weighted by molar-refractivity contribution is -0.127. The quantitative estimate of drug-likeness (QED) is 0.841. The number of methoxy groups -OCH3 is 1. The summed E-state index contributed by atoms with van der Waals surface area (Å²) in [5, 5.41) is 9.37. The Morgan fingerprint density at radius 1 is 1.53 bits per heavy atom. The van der Waals surface area contributed by atoms with Crippen molar-refractivity contribution in [2.24, 2.45) is 0 Å². The number of β-amino-alcohol motifs (C(OH)–C–C–N with tert-alkyl or cyclic N) is 1. The topological polar surface area (TPSA) is 49.8 Å². The van der Waals surface area contributed by atoms with Gasteiger partial charge in [-0.05, 0) is 24.1 Å². The second kappa shape index (κ2) is 5.19. The highest BCUT2D eigenvalue weighted by atomic mass is 16.5. The number of aliphatic hydroxyl groups excluding tert-OH is 1. The number of nitrogens with zero attached hydrogens (tertiary/aromatic N) is 1. The minimum atomic E-state index is -0.493. The molecule has 0 aromatic heterocycles. The number of benzene rings is 1. The molecule has 0 spiro atoms. The van der Waals surface area contributed by atoms with Gasteiger partial charge in [0.15, 0.2) is 0 Å². The average Bonchev–Trinajstić information content (AvgIpc) is 2.65. The first-order valence-corrected chi connectivity index (χ1v) is 5.78. The van der Waals surface area contributed by atoms with Crippen LogP contribution in [0.25, 0.3) is 0 Å². The van der Waals surface area contributed by atoms with Crippen LogP contribution in [-0.2, 0) is 11.2 Å². The second-order valence-electron chi connectivity index (χ2n) is 4.30. The third-order valence-corrected chi connectivity index (χ3v) is 3.00. The van der Waals surface area contributed by atoms with Crippen molar-refractivity contribution < 1.29 is 14.6 Å². The molecule has 1 unspecified atom stereocenters. The molecule has 92 valence electrons. The number of aliphatic hydroxyl groups is 1. The molecule has 4 heteroatoms. The summed E-state index contributed by atoms with van der Waals surface area (Å²) < 4.78 is 5.14. The van der Waals surface area contributed by atoms with Gasteiger partial charge in [-0.3, -0.25) is 4.79 Å². The molecule has 0 radical (unpaired) electrons. The molecule has 0 aliphatic carbocycles. The Kier molecular flexibility index (Phi) is 3.64.